The summed E-state index contributed by atoms with van der Waals surface area (Å²) in [7, 11) is 0. The summed E-state index contributed by atoms with van der Waals surface area (Å²) in [4.78, 5) is 14.5. The largest absolute Gasteiger partial charge is 0.337 e. The molecule has 0 spiro atoms. The van der Waals surface area contributed by atoms with E-state index in [4.69, 9.17) is 0 Å². The van der Waals surface area contributed by atoms with E-state index < -0.39 is 0 Å². The van der Waals surface area contributed by atoms with Crippen molar-refractivity contribution in [3.63, 3.8) is 0 Å². The standard InChI is InChI=1S/C16H24N2O/c1-12(2)15-11-18(10-4-9-17-15)16(19)14-7-5-13(3)6-8-14/h5-8,12,15,17H,4,9-11H2,1-3H3. The first-order valence-electron chi connectivity index (χ1n) is 7.17. The van der Waals surface area contributed by atoms with Gasteiger partial charge in [-0.05, 0) is 37.9 Å². The van der Waals surface area contributed by atoms with Crippen LogP contribution in [0.5, 0.6) is 0 Å². The number of aryl methyl sites for hydroxylation is 1. The van der Waals surface area contributed by atoms with Crippen LogP contribution in [0.25, 0.3) is 0 Å². The highest BCUT2D eigenvalue weighted by molar-refractivity contribution is 5.94. The molecule has 1 N–H and O–H groups in total. The first-order chi connectivity index (χ1) is 9.08. The van der Waals surface area contributed by atoms with Crippen molar-refractivity contribution >= 4 is 5.91 Å². The monoisotopic (exact) mass is 260 g/mol. The highest BCUT2D eigenvalue weighted by Crippen LogP contribution is 2.13. The highest BCUT2D eigenvalue weighted by Gasteiger charge is 2.24. The summed E-state index contributed by atoms with van der Waals surface area (Å²) in [5.41, 5.74) is 1.99. The molecule has 1 unspecified atom stereocenters. The minimum atomic E-state index is 0.161. The summed E-state index contributed by atoms with van der Waals surface area (Å²) in [6.07, 6.45) is 1.03. The van der Waals surface area contributed by atoms with Crippen molar-refractivity contribution in [3.8, 4) is 0 Å². The zero-order chi connectivity index (χ0) is 13.8. The Kier molecular flexibility index (Phi) is 4.59. The molecule has 0 saturated carbocycles. The predicted molar refractivity (Wildman–Crippen MR) is 78.3 cm³/mol. The Balaban J connectivity index is 2.10. The number of rotatable bonds is 2. The fraction of sp³-hybridized carbons (Fsp3) is 0.562. The Morgan fingerprint density at radius 1 is 1.32 bits per heavy atom. The molecule has 1 aromatic rings. The van der Waals surface area contributed by atoms with E-state index in [9.17, 15) is 4.79 Å². The van der Waals surface area contributed by atoms with Crippen LogP contribution < -0.4 is 5.32 Å². The van der Waals surface area contributed by atoms with E-state index in [1.807, 2.05) is 36.1 Å². The summed E-state index contributed by atoms with van der Waals surface area (Å²) in [5, 5.41) is 3.53. The molecule has 3 heteroatoms. The predicted octanol–water partition coefficient (Wildman–Crippen LogP) is 2.46. The van der Waals surface area contributed by atoms with Crippen LogP contribution in [0.15, 0.2) is 24.3 Å². The minimum Gasteiger partial charge on any atom is -0.337 e. The first-order valence-corrected chi connectivity index (χ1v) is 7.17. The van der Waals surface area contributed by atoms with Gasteiger partial charge in [0.1, 0.15) is 0 Å². The third-order valence-electron chi connectivity index (χ3n) is 3.82. The maximum absolute atomic E-state index is 12.5. The molecule has 0 radical (unpaired) electrons. The molecule has 1 aliphatic heterocycles. The summed E-state index contributed by atoms with van der Waals surface area (Å²) in [5.74, 6) is 0.709. The molecule has 1 saturated heterocycles. The Hall–Kier alpha value is -1.35. The average Bonchev–Trinajstić information content (AvgIpc) is 2.64. The van der Waals surface area contributed by atoms with E-state index in [1.165, 1.54) is 5.56 Å². The molecule has 1 aromatic carbocycles. The zero-order valence-electron chi connectivity index (χ0n) is 12.1. The molecular formula is C16H24N2O. The van der Waals surface area contributed by atoms with E-state index in [-0.39, 0.29) is 5.91 Å². The van der Waals surface area contributed by atoms with Gasteiger partial charge in [-0.3, -0.25) is 4.79 Å². The number of amides is 1. The smallest absolute Gasteiger partial charge is 0.253 e. The van der Waals surface area contributed by atoms with Crippen LogP contribution in [0.3, 0.4) is 0 Å². The van der Waals surface area contributed by atoms with Crippen molar-refractivity contribution in [1.82, 2.24) is 10.2 Å². The molecule has 1 heterocycles. The summed E-state index contributed by atoms with van der Waals surface area (Å²) in [6.45, 7) is 9.11. The number of nitrogens with one attached hydrogen (secondary N) is 1. The quantitative estimate of drug-likeness (QED) is 0.886. The minimum absolute atomic E-state index is 0.161. The van der Waals surface area contributed by atoms with Gasteiger partial charge >= 0.3 is 0 Å². The fourth-order valence-electron chi connectivity index (χ4n) is 2.46. The molecule has 1 aliphatic rings. The maximum Gasteiger partial charge on any atom is 0.253 e. The van der Waals surface area contributed by atoms with E-state index in [0.717, 1.165) is 31.6 Å². The van der Waals surface area contributed by atoms with Gasteiger partial charge < -0.3 is 10.2 Å². The van der Waals surface area contributed by atoms with E-state index in [2.05, 4.69) is 19.2 Å². The van der Waals surface area contributed by atoms with Crippen molar-refractivity contribution in [1.29, 1.82) is 0 Å². The molecule has 2 rings (SSSR count). The lowest BCUT2D eigenvalue weighted by atomic mass is 10.0. The lowest BCUT2D eigenvalue weighted by Gasteiger charge is -2.27. The third kappa shape index (κ3) is 3.57. The molecule has 104 valence electrons. The van der Waals surface area contributed by atoms with Gasteiger partial charge in [0.2, 0.25) is 0 Å². The van der Waals surface area contributed by atoms with Gasteiger partial charge in [-0.1, -0.05) is 31.5 Å². The Morgan fingerprint density at radius 2 is 2.00 bits per heavy atom. The van der Waals surface area contributed by atoms with E-state index in [0.29, 0.717) is 12.0 Å². The second kappa shape index (κ2) is 6.20. The number of carbonyl (C=O) groups is 1. The van der Waals surface area contributed by atoms with E-state index in [1.54, 1.807) is 0 Å². The number of hydrogen-bond donors (Lipinski definition) is 1. The normalized spacial score (nSPS) is 20.4. The van der Waals surface area contributed by atoms with Crippen molar-refractivity contribution < 1.29 is 4.79 Å². The maximum atomic E-state index is 12.5. The van der Waals surface area contributed by atoms with Gasteiger partial charge in [-0.25, -0.2) is 0 Å². The lowest BCUT2D eigenvalue weighted by Crippen LogP contribution is -2.43. The van der Waals surface area contributed by atoms with Gasteiger partial charge in [-0.2, -0.15) is 0 Å². The number of hydrogen-bond acceptors (Lipinski definition) is 2. The molecule has 3 nitrogen and oxygen atoms in total. The molecule has 1 fully saturated rings. The highest BCUT2D eigenvalue weighted by atomic mass is 16.2. The average molecular weight is 260 g/mol. The lowest BCUT2D eigenvalue weighted by molar-refractivity contribution is 0.0745. The Bertz CT molecular complexity index is 425. The molecule has 0 bridgehead atoms. The van der Waals surface area contributed by atoms with E-state index >= 15 is 0 Å². The third-order valence-corrected chi connectivity index (χ3v) is 3.82. The fourth-order valence-corrected chi connectivity index (χ4v) is 2.46. The van der Waals surface area contributed by atoms with Gasteiger partial charge in [0.25, 0.3) is 5.91 Å². The number of nitrogens with zero attached hydrogens (tertiary/aromatic N) is 1. The van der Waals surface area contributed by atoms with Gasteiger partial charge in [0, 0.05) is 24.7 Å². The Morgan fingerprint density at radius 3 is 2.63 bits per heavy atom. The van der Waals surface area contributed by atoms with Gasteiger partial charge in [0.15, 0.2) is 0 Å². The second-order valence-corrected chi connectivity index (χ2v) is 5.78. The van der Waals surface area contributed by atoms with Crippen LogP contribution in [-0.2, 0) is 0 Å². The van der Waals surface area contributed by atoms with Crippen LogP contribution in [0.4, 0.5) is 0 Å². The van der Waals surface area contributed by atoms with Crippen molar-refractivity contribution in [3.05, 3.63) is 35.4 Å². The molecule has 1 atom stereocenters. The summed E-state index contributed by atoms with van der Waals surface area (Å²) in [6, 6.07) is 8.27. The van der Waals surface area contributed by atoms with Crippen LogP contribution in [0.2, 0.25) is 0 Å². The molecule has 0 aromatic heterocycles. The van der Waals surface area contributed by atoms with Crippen LogP contribution in [0, 0.1) is 12.8 Å². The van der Waals surface area contributed by atoms with Crippen LogP contribution >= 0.6 is 0 Å². The molecule has 19 heavy (non-hydrogen) atoms. The Labute approximate surface area is 116 Å². The topological polar surface area (TPSA) is 32.3 Å². The van der Waals surface area contributed by atoms with Crippen LogP contribution in [0.1, 0.15) is 36.2 Å². The van der Waals surface area contributed by atoms with Crippen molar-refractivity contribution in [2.75, 3.05) is 19.6 Å². The molecule has 0 aliphatic carbocycles. The van der Waals surface area contributed by atoms with Crippen molar-refractivity contribution in [2.24, 2.45) is 5.92 Å². The number of benzene rings is 1. The van der Waals surface area contributed by atoms with Gasteiger partial charge in [0.05, 0.1) is 0 Å². The van der Waals surface area contributed by atoms with Crippen molar-refractivity contribution in [2.45, 2.75) is 33.2 Å². The van der Waals surface area contributed by atoms with Crippen LogP contribution in [-0.4, -0.2) is 36.5 Å². The molecular weight excluding hydrogens is 236 g/mol. The molecule has 1 amide bonds. The number of carbonyl (C=O) groups excluding carboxylic acids is 1. The second-order valence-electron chi connectivity index (χ2n) is 5.78. The summed E-state index contributed by atoms with van der Waals surface area (Å²) >= 11 is 0. The summed E-state index contributed by atoms with van der Waals surface area (Å²) < 4.78 is 0. The first kappa shape index (κ1) is 14.1. The SMILES string of the molecule is Cc1ccc(C(=O)N2CCCNC(C(C)C)C2)cc1. The zero-order valence-corrected chi connectivity index (χ0v) is 12.1. The van der Waals surface area contributed by atoms with Gasteiger partial charge in [-0.15, -0.1) is 0 Å².